The van der Waals surface area contributed by atoms with E-state index in [1.807, 2.05) is 4.90 Å². The first-order valence-electron chi connectivity index (χ1n) is 6.02. The molecule has 1 amide bonds. The van der Waals surface area contributed by atoms with Gasteiger partial charge in [-0.25, -0.2) is 0 Å². The van der Waals surface area contributed by atoms with Crippen molar-refractivity contribution >= 4 is 17.3 Å². The van der Waals surface area contributed by atoms with Crippen LogP contribution >= 0.6 is 0 Å². The Balaban J connectivity index is 2.90. The molecule has 0 heterocycles. The van der Waals surface area contributed by atoms with E-state index in [2.05, 4.69) is 0 Å². The zero-order chi connectivity index (χ0) is 14.3. The second-order valence-corrected chi connectivity index (χ2v) is 4.11. The van der Waals surface area contributed by atoms with Crippen LogP contribution in [0.25, 0.3) is 0 Å². The van der Waals surface area contributed by atoms with Crippen molar-refractivity contribution in [2.45, 2.75) is 0 Å². The number of benzene rings is 1. The van der Waals surface area contributed by atoms with Gasteiger partial charge in [-0.1, -0.05) is 0 Å². The van der Waals surface area contributed by atoms with Gasteiger partial charge in [0, 0.05) is 32.9 Å². The molecule has 6 heteroatoms. The molecule has 106 valence electrons. The van der Waals surface area contributed by atoms with Gasteiger partial charge in [0.25, 0.3) is 0 Å². The van der Waals surface area contributed by atoms with Crippen molar-refractivity contribution in [3.8, 4) is 0 Å². The lowest BCUT2D eigenvalue weighted by atomic mass is 10.1. The number of amides is 1. The van der Waals surface area contributed by atoms with Crippen LogP contribution in [0, 0.1) is 0 Å². The van der Waals surface area contributed by atoms with E-state index in [1.54, 1.807) is 32.4 Å². The van der Waals surface area contributed by atoms with Crippen LogP contribution in [0.1, 0.15) is 10.4 Å². The second kappa shape index (κ2) is 7.60. The van der Waals surface area contributed by atoms with E-state index in [4.69, 9.17) is 20.9 Å². The van der Waals surface area contributed by atoms with E-state index in [1.165, 1.54) is 0 Å². The Kier molecular flexibility index (Phi) is 6.11. The minimum Gasteiger partial charge on any atom is -0.397 e. The topological polar surface area (TPSA) is 90.8 Å². The first kappa shape index (κ1) is 15.3. The van der Waals surface area contributed by atoms with Crippen LogP contribution in [0.15, 0.2) is 18.2 Å². The fourth-order valence-electron chi connectivity index (χ4n) is 1.75. The van der Waals surface area contributed by atoms with E-state index in [9.17, 15) is 4.79 Å². The fraction of sp³-hybridized carbons (Fsp3) is 0.462. The van der Waals surface area contributed by atoms with Crippen molar-refractivity contribution in [3.05, 3.63) is 23.8 Å². The lowest BCUT2D eigenvalue weighted by Gasteiger charge is -2.25. The van der Waals surface area contributed by atoms with Crippen molar-refractivity contribution in [1.29, 1.82) is 0 Å². The third-order valence-electron chi connectivity index (χ3n) is 2.78. The molecule has 1 aromatic rings. The van der Waals surface area contributed by atoms with E-state index >= 15 is 0 Å². The number of methoxy groups -OCH3 is 2. The summed E-state index contributed by atoms with van der Waals surface area (Å²) in [7, 11) is 3.29. The number of ether oxygens (including phenoxy) is 2. The van der Waals surface area contributed by atoms with E-state index in [-0.39, 0.29) is 0 Å². The Hall–Kier alpha value is -1.79. The Labute approximate surface area is 113 Å². The zero-order valence-corrected chi connectivity index (χ0v) is 11.4. The number of carbonyl (C=O) groups excluding carboxylic acids is 1. The number of anilines is 2. The number of primary amides is 1. The number of nitrogen functional groups attached to an aromatic ring is 1. The van der Waals surface area contributed by atoms with Crippen molar-refractivity contribution in [3.63, 3.8) is 0 Å². The molecule has 0 atom stereocenters. The Bertz CT molecular complexity index is 416. The SMILES string of the molecule is COCCN(CCOC)c1ccc(C(N)=O)cc1N. The average Bonchev–Trinajstić information content (AvgIpc) is 2.39. The van der Waals surface area contributed by atoms with Crippen LogP contribution in [0.3, 0.4) is 0 Å². The molecular weight excluding hydrogens is 246 g/mol. The summed E-state index contributed by atoms with van der Waals surface area (Å²) in [5.74, 6) is -0.487. The summed E-state index contributed by atoms with van der Waals surface area (Å²) < 4.78 is 10.2. The summed E-state index contributed by atoms with van der Waals surface area (Å²) in [5, 5.41) is 0. The maximum absolute atomic E-state index is 11.1. The Morgan fingerprint density at radius 2 is 1.79 bits per heavy atom. The first-order valence-corrected chi connectivity index (χ1v) is 6.02. The highest BCUT2D eigenvalue weighted by Gasteiger charge is 2.11. The van der Waals surface area contributed by atoms with Crippen molar-refractivity contribution in [2.24, 2.45) is 5.73 Å². The van der Waals surface area contributed by atoms with E-state index < -0.39 is 5.91 Å². The summed E-state index contributed by atoms with van der Waals surface area (Å²) >= 11 is 0. The molecule has 0 aliphatic rings. The normalized spacial score (nSPS) is 10.4. The third-order valence-corrected chi connectivity index (χ3v) is 2.78. The van der Waals surface area contributed by atoms with Crippen LogP contribution in [-0.4, -0.2) is 46.4 Å². The molecule has 1 aromatic carbocycles. The number of carbonyl (C=O) groups is 1. The molecule has 0 fully saturated rings. The molecule has 0 aromatic heterocycles. The molecule has 0 saturated heterocycles. The summed E-state index contributed by atoms with van der Waals surface area (Å²) in [6.07, 6.45) is 0. The maximum Gasteiger partial charge on any atom is 0.248 e. The average molecular weight is 267 g/mol. The van der Waals surface area contributed by atoms with Crippen molar-refractivity contribution in [2.75, 3.05) is 51.2 Å². The zero-order valence-electron chi connectivity index (χ0n) is 11.4. The predicted molar refractivity (Wildman–Crippen MR) is 75.3 cm³/mol. The minimum atomic E-state index is -0.487. The first-order chi connectivity index (χ1) is 9.10. The quantitative estimate of drug-likeness (QED) is 0.668. The van der Waals surface area contributed by atoms with Gasteiger partial charge in [0.15, 0.2) is 0 Å². The van der Waals surface area contributed by atoms with Crippen LogP contribution in [-0.2, 0) is 9.47 Å². The van der Waals surface area contributed by atoms with Crippen LogP contribution in [0.2, 0.25) is 0 Å². The number of hydrogen-bond donors (Lipinski definition) is 2. The molecule has 0 aliphatic heterocycles. The van der Waals surface area contributed by atoms with Crippen molar-refractivity contribution in [1.82, 2.24) is 0 Å². The molecule has 6 nitrogen and oxygen atoms in total. The van der Waals surface area contributed by atoms with Gasteiger partial charge in [-0.2, -0.15) is 0 Å². The molecule has 19 heavy (non-hydrogen) atoms. The minimum absolute atomic E-state index is 0.402. The second-order valence-electron chi connectivity index (χ2n) is 4.11. The molecule has 0 aliphatic carbocycles. The van der Waals surface area contributed by atoms with Gasteiger partial charge in [0.05, 0.1) is 24.6 Å². The lowest BCUT2D eigenvalue weighted by Crippen LogP contribution is -2.31. The van der Waals surface area contributed by atoms with Gasteiger partial charge < -0.3 is 25.8 Å². The fourth-order valence-corrected chi connectivity index (χ4v) is 1.75. The standard InChI is InChI=1S/C13H21N3O3/c1-18-7-5-16(6-8-19-2)12-4-3-10(13(15)17)9-11(12)14/h3-4,9H,5-8,14H2,1-2H3,(H2,15,17). The molecule has 0 unspecified atom stereocenters. The highest BCUT2D eigenvalue weighted by atomic mass is 16.5. The summed E-state index contributed by atoms with van der Waals surface area (Å²) in [6, 6.07) is 5.05. The maximum atomic E-state index is 11.1. The number of nitrogens with two attached hydrogens (primary N) is 2. The monoisotopic (exact) mass is 267 g/mol. The molecule has 0 spiro atoms. The highest BCUT2D eigenvalue weighted by Crippen LogP contribution is 2.24. The van der Waals surface area contributed by atoms with E-state index in [0.717, 1.165) is 5.69 Å². The smallest absolute Gasteiger partial charge is 0.248 e. The largest absolute Gasteiger partial charge is 0.397 e. The summed E-state index contributed by atoms with van der Waals surface area (Å²) in [4.78, 5) is 13.1. The number of hydrogen-bond acceptors (Lipinski definition) is 5. The summed E-state index contributed by atoms with van der Waals surface area (Å²) in [5.41, 5.74) is 13.0. The van der Waals surface area contributed by atoms with Crippen molar-refractivity contribution < 1.29 is 14.3 Å². The molecular formula is C13H21N3O3. The number of rotatable bonds is 8. The Morgan fingerprint density at radius 1 is 1.21 bits per heavy atom. The van der Waals surface area contributed by atoms with Gasteiger partial charge in [-0.15, -0.1) is 0 Å². The van der Waals surface area contributed by atoms with Crippen LogP contribution < -0.4 is 16.4 Å². The Morgan fingerprint density at radius 3 is 2.21 bits per heavy atom. The van der Waals surface area contributed by atoms with Crippen LogP contribution in [0.4, 0.5) is 11.4 Å². The molecule has 4 N–H and O–H groups in total. The molecule has 0 radical (unpaired) electrons. The van der Waals surface area contributed by atoms with Gasteiger partial charge in [0.1, 0.15) is 0 Å². The van der Waals surface area contributed by atoms with E-state index in [0.29, 0.717) is 37.6 Å². The molecule has 1 rings (SSSR count). The lowest BCUT2D eigenvalue weighted by molar-refractivity contribution is 0.100. The number of nitrogens with zero attached hydrogens (tertiary/aromatic N) is 1. The predicted octanol–water partition coefficient (Wildman–Crippen LogP) is 0.467. The molecule has 0 bridgehead atoms. The highest BCUT2D eigenvalue weighted by molar-refractivity contribution is 5.94. The van der Waals surface area contributed by atoms with Gasteiger partial charge in [-0.05, 0) is 18.2 Å². The van der Waals surface area contributed by atoms with Gasteiger partial charge in [-0.3, -0.25) is 4.79 Å². The summed E-state index contributed by atoms with van der Waals surface area (Å²) in [6.45, 7) is 2.56. The van der Waals surface area contributed by atoms with Gasteiger partial charge >= 0.3 is 0 Å². The third kappa shape index (κ3) is 4.42. The van der Waals surface area contributed by atoms with Crippen LogP contribution in [0.5, 0.6) is 0 Å². The molecule has 0 saturated carbocycles. The van der Waals surface area contributed by atoms with Gasteiger partial charge in [0.2, 0.25) is 5.91 Å².